The lowest BCUT2D eigenvalue weighted by Gasteiger charge is -2.11. The lowest BCUT2D eigenvalue weighted by Crippen LogP contribution is -2.36. The summed E-state index contributed by atoms with van der Waals surface area (Å²) < 4.78 is 0.899. The van der Waals surface area contributed by atoms with Crippen LogP contribution < -0.4 is 22.3 Å². The highest BCUT2D eigenvalue weighted by Gasteiger charge is 2.03. The molecule has 4 N–H and O–H groups in total. The average Bonchev–Trinajstić information content (AvgIpc) is 2.21. The van der Waals surface area contributed by atoms with Crippen molar-refractivity contribution >= 4 is 23.2 Å². The van der Waals surface area contributed by atoms with E-state index in [9.17, 15) is 4.79 Å². The first-order chi connectivity index (χ1) is 7.54. The van der Waals surface area contributed by atoms with Crippen molar-refractivity contribution in [2.75, 3.05) is 11.3 Å². The number of nitrogens with one attached hydrogen (secondary N) is 2. The largest absolute Gasteiger partial charge is 0.333 e. The van der Waals surface area contributed by atoms with Gasteiger partial charge in [0.2, 0.25) is 5.95 Å². The van der Waals surface area contributed by atoms with Gasteiger partial charge >= 0.3 is 0 Å². The van der Waals surface area contributed by atoms with E-state index in [1.807, 2.05) is 0 Å². The second kappa shape index (κ2) is 5.26. The van der Waals surface area contributed by atoms with E-state index in [0.717, 1.165) is 4.68 Å². The molecule has 6 nitrogen and oxygen atoms in total. The third-order valence-corrected chi connectivity index (χ3v) is 1.99. The summed E-state index contributed by atoms with van der Waals surface area (Å²) in [5.41, 5.74) is 5.60. The standard InChI is InChI=1S/C9H13N5OS/c1-3-4-7(16)12-13-9-11-6(2)5-8(15)14(9)10/h3,5H,1,4,10H2,2H3,(H,11,13)(H,12,16). The predicted octanol–water partition coefficient (Wildman–Crippen LogP) is 0.0855. The van der Waals surface area contributed by atoms with E-state index < -0.39 is 0 Å². The summed E-state index contributed by atoms with van der Waals surface area (Å²) >= 11 is 4.96. The molecule has 0 radical (unpaired) electrons. The van der Waals surface area contributed by atoms with E-state index in [1.54, 1.807) is 13.0 Å². The minimum atomic E-state index is -0.341. The Kier molecular flexibility index (Phi) is 4.01. The fraction of sp³-hybridized carbons (Fsp3) is 0.222. The topological polar surface area (TPSA) is 85.0 Å². The molecule has 1 aromatic heterocycles. The zero-order chi connectivity index (χ0) is 12.1. The number of thiocarbonyl (C=S) groups is 1. The first kappa shape index (κ1) is 12.2. The minimum absolute atomic E-state index is 0.205. The normalized spacial score (nSPS) is 9.56. The molecule has 0 unspecified atom stereocenters. The van der Waals surface area contributed by atoms with Gasteiger partial charge in [-0.2, -0.15) is 4.68 Å². The van der Waals surface area contributed by atoms with Gasteiger partial charge < -0.3 is 5.84 Å². The Morgan fingerprint density at radius 2 is 2.50 bits per heavy atom. The van der Waals surface area contributed by atoms with Crippen LogP contribution in [0.25, 0.3) is 0 Å². The smallest absolute Gasteiger partial charge is 0.273 e. The molecule has 86 valence electrons. The van der Waals surface area contributed by atoms with Crippen molar-refractivity contribution in [3.05, 3.63) is 34.8 Å². The van der Waals surface area contributed by atoms with E-state index in [4.69, 9.17) is 18.1 Å². The van der Waals surface area contributed by atoms with E-state index in [1.165, 1.54) is 6.07 Å². The fourth-order valence-electron chi connectivity index (χ4n) is 1.00. The highest BCUT2D eigenvalue weighted by atomic mass is 32.1. The molecule has 0 amide bonds. The fourth-order valence-corrected chi connectivity index (χ4v) is 1.17. The lowest BCUT2D eigenvalue weighted by molar-refractivity contribution is 0.857. The molecular weight excluding hydrogens is 226 g/mol. The van der Waals surface area contributed by atoms with Crippen molar-refractivity contribution in [2.24, 2.45) is 0 Å². The lowest BCUT2D eigenvalue weighted by atomic mass is 10.4. The second-order valence-corrected chi connectivity index (χ2v) is 3.59. The number of rotatable bonds is 4. The van der Waals surface area contributed by atoms with E-state index in [-0.39, 0.29) is 11.5 Å². The molecule has 0 bridgehead atoms. The molecule has 0 saturated heterocycles. The monoisotopic (exact) mass is 239 g/mol. The van der Waals surface area contributed by atoms with Crippen LogP contribution in [0.15, 0.2) is 23.5 Å². The van der Waals surface area contributed by atoms with Gasteiger partial charge in [0.15, 0.2) is 0 Å². The number of nitrogen functional groups attached to an aromatic ring is 1. The van der Waals surface area contributed by atoms with Crippen LogP contribution in [0.4, 0.5) is 5.95 Å². The summed E-state index contributed by atoms with van der Waals surface area (Å²) in [5, 5.41) is 0. The number of hydrogen-bond donors (Lipinski definition) is 3. The van der Waals surface area contributed by atoms with Crippen LogP contribution in [0.3, 0.4) is 0 Å². The summed E-state index contributed by atoms with van der Waals surface area (Å²) in [5.74, 6) is 5.69. The molecule has 0 atom stereocenters. The summed E-state index contributed by atoms with van der Waals surface area (Å²) in [4.78, 5) is 15.9. The van der Waals surface area contributed by atoms with Crippen LogP contribution in [0.5, 0.6) is 0 Å². The van der Waals surface area contributed by atoms with Crippen LogP contribution >= 0.6 is 12.2 Å². The molecule has 0 fully saturated rings. The van der Waals surface area contributed by atoms with Crippen LogP contribution in [-0.2, 0) is 0 Å². The third-order valence-electron chi connectivity index (χ3n) is 1.72. The summed E-state index contributed by atoms with van der Waals surface area (Å²) in [6, 6.07) is 1.34. The Morgan fingerprint density at radius 1 is 1.81 bits per heavy atom. The van der Waals surface area contributed by atoms with Crippen LogP contribution in [0.2, 0.25) is 0 Å². The van der Waals surface area contributed by atoms with Gasteiger partial charge in [-0.3, -0.25) is 15.6 Å². The van der Waals surface area contributed by atoms with Gasteiger partial charge in [-0.1, -0.05) is 18.3 Å². The molecule has 0 saturated carbocycles. The molecule has 1 rings (SSSR count). The first-order valence-electron chi connectivity index (χ1n) is 4.56. The number of aromatic nitrogens is 2. The van der Waals surface area contributed by atoms with Crippen LogP contribution in [0.1, 0.15) is 12.1 Å². The number of anilines is 1. The van der Waals surface area contributed by atoms with Crippen molar-refractivity contribution < 1.29 is 0 Å². The van der Waals surface area contributed by atoms with Gasteiger partial charge in [0.1, 0.15) is 0 Å². The summed E-state index contributed by atoms with van der Waals surface area (Å²) in [6.07, 6.45) is 2.19. The van der Waals surface area contributed by atoms with Crippen molar-refractivity contribution in [1.29, 1.82) is 0 Å². The highest BCUT2D eigenvalue weighted by molar-refractivity contribution is 7.80. The van der Waals surface area contributed by atoms with Crippen molar-refractivity contribution in [1.82, 2.24) is 15.1 Å². The quantitative estimate of drug-likeness (QED) is 0.299. The number of hydrazine groups is 1. The van der Waals surface area contributed by atoms with Crippen LogP contribution in [0, 0.1) is 6.92 Å². The molecule has 0 aliphatic heterocycles. The molecule has 16 heavy (non-hydrogen) atoms. The molecule has 0 aliphatic carbocycles. The van der Waals surface area contributed by atoms with Crippen LogP contribution in [-0.4, -0.2) is 14.6 Å². The van der Waals surface area contributed by atoms with E-state index in [2.05, 4.69) is 22.4 Å². The average molecular weight is 239 g/mol. The highest BCUT2D eigenvalue weighted by Crippen LogP contribution is 1.96. The zero-order valence-electron chi connectivity index (χ0n) is 8.86. The van der Waals surface area contributed by atoms with E-state index in [0.29, 0.717) is 17.1 Å². The maximum absolute atomic E-state index is 11.3. The van der Waals surface area contributed by atoms with Gasteiger partial charge in [0.05, 0.1) is 4.99 Å². The van der Waals surface area contributed by atoms with Crippen molar-refractivity contribution in [3.8, 4) is 0 Å². The van der Waals surface area contributed by atoms with Gasteiger partial charge in [0.25, 0.3) is 5.56 Å². The van der Waals surface area contributed by atoms with Gasteiger partial charge in [-0.15, -0.1) is 6.58 Å². The summed E-state index contributed by atoms with van der Waals surface area (Å²) in [7, 11) is 0. The minimum Gasteiger partial charge on any atom is -0.333 e. The second-order valence-electron chi connectivity index (χ2n) is 3.10. The Bertz CT molecular complexity index is 467. The Hall–Kier alpha value is -1.89. The van der Waals surface area contributed by atoms with Gasteiger partial charge in [0, 0.05) is 18.2 Å². The number of nitrogens with zero attached hydrogens (tertiary/aromatic N) is 2. The van der Waals surface area contributed by atoms with Gasteiger partial charge in [-0.05, 0) is 6.92 Å². The van der Waals surface area contributed by atoms with Gasteiger partial charge in [-0.25, -0.2) is 4.98 Å². The number of hydrogen-bond acceptors (Lipinski definition) is 5. The Balaban J connectivity index is 2.78. The SMILES string of the molecule is C=CCC(=S)NNc1nc(C)cc(=O)n1N. The molecule has 0 aliphatic rings. The number of aryl methyl sites for hydroxylation is 1. The van der Waals surface area contributed by atoms with Crippen molar-refractivity contribution in [3.63, 3.8) is 0 Å². The van der Waals surface area contributed by atoms with Crippen molar-refractivity contribution in [2.45, 2.75) is 13.3 Å². The maximum Gasteiger partial charge on any atom is 0.273 e. The molecule has 0 aromatic carbocycles. The molecular formula is C9H13N5OS. The Labute approximate surface area is 98.1 Å². The maximum atomic E-state index is 11.3. The first-order valence-corrected chi connectivity index (χ1v) is 4.97. The summed E-state index contributed by atoms with van der Waals surface area (Å²) in [6.45, 7) is 5.25. The molecule has 1 heterocycles. The predicted molar refractivity (Wildman–Crippen MR) is 67.6 cm³/mol. The molecule has 1 aromatic rings. The number of nitrogens with two attached hydrogens (primary N) is 1. The third kappa shape index (κ3) is 3.06. The zero-order valence-corrected chi connectivity index (χ0v) is 9.67. The molecule has 7 heteroatoms. The van der Waals surface area contributed by atoms with E-state index >= 15 is 0 Å². The molecule has 0 spiro atoms. The Morgan fingerprint density at radius 3 is 3.12 bits per heavy atom.